The van der Waals surface area contributed by atoms with Gasteiger partial charge in [0.1, 0.15) is 4.88 Å². The molecule has 0 fully saturated rings. The number of carbonyl (C=O) groups is 1. The Morgan fingerprint density at radius 3 is 2.62 bits per heavy atom. The molecule has 106 valence electrons. The molecule has 0 bridgehead atoms. The average molecular weight is 296 g/mol. The third-order valence-corrected chi connectivity index (χ3v) is 4.73. The summed E-state index contributed by atoms with van der Waals surface area (Å²) < 4.78 is 1.04. The van der Waals surface area contributed by atoms with Crippen LogP contribution in [-0.2, 0) is 6.54 Å². The van der Waals surface area contributed by atoms with Crippen LogP contribution in [0.25, 0.3) is 10.1 Å². The summed E-state index contributed by atoms with van der Waals surface area (Å²) in [6, 6.07) is 15.8. The van der Waals surface area contributed by atoms with Crippen molar-refractivity contribution in [3.05, 3.63) is 64.5 Å². The number of nitrogen functional groups attached to an aromatic ring is 1. The number of benzene rings is 2. The van der Waals surface area contributed by atoms with E-state index in [0.717, 1.165) is 15.6 Å². The number of anilines is 1. The molecular formula is C17H16N2OS. The Morgan fingerprint density at radius 1 is 1.14 bits per heavy atom. The fraction of sp³-hybridized carbons (Fsp3) is 0.118. The average Bonchev–Trinajstić information content (AvgIpc) is 2.84. The highest BCUT2D eigenvalue weighted by Crippen LogP contribution is 2.33. The van der Waals surface area contributed by atoms with Crippen LogP contribution in [0.4, 0.5) is 5.69 Å². The molecule has 0 aliphatic carbocycles. The van der Waals surface area contributed by atoms with Crippen LogP contribution in [0.2, 0.25) is 0 Å². The molecule has 3 nitrogen and oxygen atoms in total. The second-order valence-electron chi connectivity index (χ2n) is 4.95. The van der Waals surface area contributed by atoms with Crippen molar-refractivity contribution in [1.82, 2.24) is 5.32 Å². The maximum Gasteiger partial charge on any atom is 0.263 e. The lowest BCUT2D eigenvalue weighted by molar-refractivity contribution is 0.0956. The third kappa shape index (κ3) is 2.62. The Balaban J connectivity index is 1.81. The smallest absolute Gasteiger partial charge is 0.263 e. The summed E-state index contributed by atoms with van der Waals surface area (Å²) in [4.78, 5) is 12.9. The minimum atomic E-state index is -0.114. The van der Waals surface area contributed by atoms with E-state index in [9.17, 15) is 4.79 Å². The van der Waals surface area contributed by atoms with Gasteiger partial charge in [0.2, 0.25) is 0 Å². The maximum atomic E-state index is 12.3. The van der Waals surface area contributed by atoms with Crippen LogP contribution < -0.4 is 11.1 Å². The Morgan fingerprint density at radius 2 is 1.86 bits per heavy atom. The summed E-state index contributed by atoms with van der Waals surface area (Å²) in [5, 5.41) is 3.90. The van der Waals surface area contributed by atoms with Crippen molar-refractivity contribution < 1.29 is 4.79 Å². The van der Waals surface area contributed by atoms with Gasteiger partial charge in [0.25, 0.3) is 5.91 Å². The number of hydrogen-bond acceptors (Lipinski definition) is 3. The van der Waals surface area contributed by atoms with Crippen molar-refractivity contribution in [3.63, 3.8) is 0 Å². The van der Waals surface area contributed by atoms with Crippen molar-refractivity contribution >= 4 is 33.0 Å². The summed E-state index contributed by atoms with van der Waals surface area (Å²) in [6.07, 6.45) is 0. The zero-order valence-electron chi connectivity index (χ0n) is 11.7. The molecule has 0 atom stereocenters. The van der Waals surface area contributed by atoms with Gasteiger partial charge < -0.3 is 11.1 Å². The predicted octanol–water partition coefficient (Wildman–Crippen LogP) is 3.72. The van der Waals surface area contributed by atoms with Crippen molar-refractivity contribution in [1.29, 1.82) is 0 Å². The van der Waals surface area contributed by atoms with Crippen LogP contribution >= 0.6 is 11.3 Å². The lowest BCUT2D eigenvalue weighted by Crippen LogP contribution is -2.23. The second kappa shape index (κ2) is 5.58. The minimum absolute atomic E-state index is 0.114. The number of nitrogens with one attached hydrogen (secondary N) is 1. The molecule has 3 aromatic rings. The number of hydrogen-bond donors (Lipinski definition) is 2. The van der Waals surface area contributed by atoms with Gasteiger partial charge in [-0.3, -0.25) is 4.79 Å². The van der Waals surface area contributed by atoms with Crippen LogP contribution in [0.3, 0.4) is 0 Å². The zero-order chi connectivity index (χ0) is 14.8. The van der Waals surface area contributed by atoms with Crippen LogP contribution in [-0.4, -0.2) is 5.91 Å². The normalized spacial score (nSPS) is 10.7. The standard InChI is InChI=1S/C17H16N2OS/c1-11-6-2-3-7-12(11)10-19-17(20)16-15(18)13-8-4-5-9-14(13)21-16/h2-9H,10,18H2,1H3,(H,19,20). The first-order valence-corrected chi connectivity index (χ1v) is 7.58. The van der Waals surface area contributed by atoms with Crippen molar-refractivity contribution in [2.75, 3.05) is 5.73 Å². The summed E-state index contributed by atoms with van der Waals surface area (Å²) in [5.74, 6) is -0.114. The molecule has 1 aromatic heterocycles. The molecule has 1 amide bonds. The predicted molar refractivity (Wildman–Crippen MR) is 88.6 cm³/mol. The molecule has 0 saturated carbocycles. The minimum Gasteiger partial charge on any atom is -0.397 e. The Bertz CT molecular complexity index is 807. The molecule has 21 heavy (non-hydrogen) atoms. The Kier molecular flexibility index (Phi) is 3.62. The fourth-order valence-electron chi connectivity index (χ4n) is 2.30. The number of aryl methyl sites for hydroxylation is 1. The highest BCUT2D eigenvalue weighted by molar-refractivity contribution is 7.21. The van der Waals surface area contributed by atoms with E-state index in [4.69, 9.17) is 5.73 Å². The van der Waals surface area contributed by atoms with Gasteiger partial charge in [-0.15, -0.1) is 11.3 Å². The molecule has 0 radical (unpaired) electrons. The molecule has 0 aliphatic rings. The van der Waals surface area contributed by atoms with Gasteiger partial charge >= 0.3 is 0 Å². The van der Waals surface area contributed by atoms with Gasteiger partial charge in [-0.2, -0.15) is 0 Å². The lowest BCUT2D eigenvalue weighted by atomic mass is 10.1. The number of fused-ring (bicyclic) bond motifs is 1. The van der Waals surface area contributed by atoms with Gasteiger partial charge in [0.05, 0.1) is 5.69 Å². The van der Waals surface area contributed by atoms with E-state index in [2.05, 4.69) is 5.32 Å². The van der Waals surface area contributed by atoms with Gasteiger partial charge in [0, 0.05) is 16.6 Å². The Labute approximate surface area is 127 Å². The van der Waals surface area contributed by atoms with E-state index in [1.807, 2.05) is 55.5 Å². The summed E-state index contributed by atoms with van der Waals surface area (Å²) in [5.41, 5.74) is 8.94. The van der Waals surface area contributed by atoms with Crippen LogP contribution in [0.15, 0.2) is 48.5 Å². The zero-order valence-corrected chi connectivity index (χ0v) is 12.5. The molecule has 0 unspecified atom stereocenters. The molecule has 3 rings (SSSR count). The van der Waals surface area contributed by atoms with E-state index in [-0.39, 0.29) is 5.91 Å². The molecule has 0 saturated heterocycles. The van der Waals surface area contributed by atoms with E-state index in [1.165, 1.54) is 16.9 Å². The molecule has 3 N–H and O–H groups in total. The molecule has 4 heteroatoms. The van der Waals surface area contributed by atoms with Gasteiger partial charge in [-0.1, -0.05) is 42.5 Å². The highest BCUT2D eigenvalue weighted by atomic mass is 32.1. The molecule has 1 heterocycles. The first-order chi connectivity index (χ1) is 10.2. The molecule has 2 aromatic carbocycles. The third-order valence-electron chi connectivity index (χ3n) is 3.54. The topological polar surface area (TPSA) is 55.1 Å². The monoisotopic (exact) mass is 296 g/mol. The number of amides is 1. The number of rotatable bonds is 3. The van der Waals surface area contributed by atoms with Crippen LogP contribution in [0.5, 0.6) is 0 Å². The number of thiophene rings is 1. The summed E-state index contributed by atoms with van der Waals surface area (Å²) >= 11 is 1.43. The Hall–Kier alpha value is -2.33. The van der Waals surface area contributed by atoms with Crippen molar-refractivity contribution in [2.45, 2.75) is 13.5 Å². The quantitative estimate of drug-likeness (QED) is 0.774. The van der Waals surface area contributed by atoms with Crippen molar-refractivity contribution in [3.8, 4) is 0 Å². The second-order valence-corrected chi connectivity index (χ2v) is 6.00. The summed E-state index contributed by atoms with van der Waals surface area (Å²) in [7, 11) is 0. The number of nitrogens with two attached hydrogens (primary N) is 1. The fourth-order valence-corrected chi connectivity index (χ4v) is 3.34. The first-order valence-electron chi connectivity index (χ1n) is 6.76. The largest absolute Gasteiger partial charge is 0.397 e. The van der Waals surface area contributed by atoms with Gasteiger partial charge in [-0.25, -0.2) is 0 Å². The van der Waals surface area contributed by atoms with E-state index < -0.39 is 0 Å². The van der Waals surface area contributed by atoms with E-state index >= 15 is 0 Å². The van der Waals surface area contributed by atoms with E-state index in [1.54, 1.807) is 0 Å². The van der Waals surface area contributed by atoms with Crippen molar-refractivity contribution in [2.24, 2.45) is 0 Å². The lowest BCUT2D eigenvalue weighted by Gasteiger charge is -2.07. The SMILES string of the molecule is Cc1ccccc1CNC(=O)c1sc2ccccc2c1N. The van der Waals surface area contributed by atoms with Gasteiger partial charge in [-0.05, 0) is 24.1 Å². The maximum absolute atomic E-state index is 12.3. The summed E-state index contributed by atoms with van der Waals surface area (Å²) in [6.45, 7) is 2.55. The molecular weight excluding hydrogens is 280 g/mol. The van der Waals surface area contributed by atoms with E-state index in [0.29, 0.717) is 17.1 Å². The van der Waals surface area contributed by atoms with Crippen LogP contribution in [0.1, 0.15) is 20.8 Å². The highest BCUT2D eigenvalue weighted by Gasteiger charge is 2.15. The number of carbonyl (C=O) groups excluding carboxylic acids is 1. The molecule has 0 aliphatic heterocycles. The van der Waals surface area contributed by atoms with Crippen LogP contribution in [0, 0.1) is 6.92 Å². The molecule has 0 spiro atoms. The first kappa shape index (κ1) is 13.6. The van der Waals surface area contributed by atoms with Gasteiger partial charge in [0.15, 0.2) is 0 Å².